The number of nitriles is 2. The molecule has 0 amide bonds. The lowest BCUT2D eigenvalue weighted by Gasteiger charge is -2.17. The molecule has 6 aromatic rings. The number of rotatable bonds is 6. The van der Waals surface area contributed by atoms with Gasteiger partial charge in [0.1, 0.15) is 33.8 Å². The van der Waals surface area contributed by atoms with Crippen molar-refractivity contribution in [3.8, 4) is 45.6 Å². The SMILES string of the molecule is COC(=O)c1ccc(-c2cccc(-c3c(-c4ccsc4C#N)c4cc(F)ccc4n3[S+]([O-])c3ccc(C#N)cc3)c2)c(Cl)c1. The highest BCUT2D eigenvalue weighted by Gasteiger charge is 2.30. The maximum Gasteiger partial charge on any atom is 0.337 e. The zero-order valence-corrected chi connectivity index (χ0v) is 25.3. The van der Waals surface area contributed by atoms with Gasteiger partial charge in [-0.3, -0.25) is 0 Å². The van der Waals surface area contributed by atoms with Crippen LogP contribution >= 0.6 is 22.9 Å². The monoisotopic (exact) mass is 635 g/mol. The molecule has 0 aliphatic heterocycles. The zero-order valence-electron chi connectivity index (χ0n) is 22.9. The molecule has 6 rings (SSSR count). The van der Waals surface area contributed by atoms with Gasteiger partial charge in [-0.05, 0) is 77.7 Å². The third-order valence-electron chi connectivity index (χ3n) is 7.11. The maximum absolute atomic E-state index is 14.8. The van der Waals surface area contributed by atoms with Crippen LogP contribution in [0.5, 0.6) is 0 Å². The maximum atomic E-state index is 14.8. The van der Waals surface area contributed by atoms with E-state index in [0.29, 0.717) is 70.3 Å². The van der Waals surface area contributed by atoms with E-state index >= 15 is 0 Å². The van der Waals surface area contributed by atoms with Crippen LogP contribution in [0.4, 0.5) is 4.39 Å². The third-order valence-corrected chi connectivity index (χ3v) is 9.63. The molecule has 0 saturated carbocycles. The van der Waals surface area contributed by atoms with Gasteiger partial charge in [-0.2, -0.15) is 14.5 Å². The highest BCUT2D eigenvalue weighted by atomic mass is 35.5. The Morgan fingerprint density at radius 3 is 2.43 bits per heavy atom. The van der Waals surface area contributed by atoms with Crippen LogP contribution in [0.2, 0.25) is 5.02 Å². The fourth-order valence-electron chi connectivity index (χ4n) is 5.11. The van der Waals surface area contributed by atoms with E-state index in [1.165, 1.54) is 36.6 Å². The van der Waals surface area contributed by atoms with Crippen molar-refractivity contribution in [1.82, 2.24) is 3.97 Å². The van der Waals surface area contributed by atoms with E-state index in [-0.39, 0.29) is 0 Å². The van der Waals surface area contributed by atoms with Crippen molar-refractivity contribution in [2.75, 3.05) is 7.11 Å². The lowest BCUT2D eigenvalue weighted by atomic mass is 9.96. The van der Waals surface area contributed by atoms with Crippen LogP contribution < -0.4 is 0 Å². The van der Waals surface area contributed by atoms with Crippen LogP contribution in [0.3, 0.4) is 0 Å². The summed E-state index contributed by atoms with van der Waals surface area (Å²) in [4.78, 5) is 12.9. The summed E-state index contributed by atoms with van der Waals surface area (Å²) in [7, 11) is 1.29. The summed E-state index contributed by atoms with van der Waals surface area (Å²) in [6, 6.07) is 29.1. The number of aromatic nitrogens is 1. The Bertz CT molecular complexity index is 2160. The number of halogens is 2. The minimum Gasteiger partial charge on any atom is -0.587 e. The summed E-state index contributed by atoms with van der Waals surface area (Å²) in [5, 5.41) is 21.8. The second-order valence-electron chi connectivity index (χ2n) is 9.61. The predicted octanol–water partition coefficient (Wildman–Crippen LogP) is 8.60. The molecular formula is C34H19ClFN3O3S2. The number of methoxy groups -OCH3 is 1. The van der Waals surface area contributed by atoms with Crippen LogP contribution in [-0.2, 0) is 16.1 Å². The van der Waals surface area contributed by atoms with Gasteiger partial charge in [0, 0.05) is 32.7 Å². The van der Waals surface area contributed by atoms with Crippen LogP contribution in [0.15, 0.2) is 101 Å². The second-order valence-corrected chi connectivity index (χ2v) is 12.3. The van der Waals surface area contributed by atoms with Gasteiger partial charge in [0.2, 0.25) is 0 Å². The van der Waals surface area contributed by atoms with E-state index in [1.807, 2.05) is 24.3 Å². The van der Waals surface area contributed by atoms with E-state index in [4.69, 9.17) is 16.3 Å². The number of carbonyl (C=O) groups excluding carboxylic acids is 1. The first kappa shape index (κ1) is 29.2. The number of fused-ring (bicyclic) bond motifs is 1. The normalized spacial score (nSPS) is 11.6. The van der Waals surface area contributed by atoms with E-state index in [0.717, 1.165) is 0 Å². The summed E-state index contributed by atoms with van der Waals surface area (Å²) >= 11 is 6.05. The molecule has 2 heterocycles. The summed E-state index contributed by atoms with van der Waals surface area (Å²) in [6.45, 7) is 0. The lowest BCUT2D eigenvalue weighted by Crippen LogP contribution is -2.14. The Balaban J connectivity index is 1.65. The van der Waals surface area contributed by atoms with Crippen LogP contribution in [0.1, 0.15) is 20.8 Å². The number of benzene rings is 4. The van der Waals surface area contributed by atoms with E-state index in [9.17, 15) is 24.3 Å². The van der Waals surface area contributed by atoms with E-state index < -0.39 is 23.1 Å². The van der Waals surface area contributed by atoms with Crippen molar-refractivity contribution in [2.45, 2.75) is 4.90 Å². The average Bonchev–Trinajstić information content (AvgIpc) is 3.65. The smallest absolute Gasteiger partial charge is 0.337 e. The number of esters is 1. The third kappa shape index (κ3) is 5.13. The molecule has 0 bridgehead atoms. The average molecular weight is 636 g/mol. The Kier molecular flexibility index (Phi) is 7.96. The van der Waals surface area contributed by atoms with Gasteiger partial charge >= 0.3 is 5.97 Å². The van der Waals surface area contributed by atoms with E-state index in [2.05, 4.69) is 12.1 Å². The molecule has 0 fully saturated rings. The predicted molar refractivity (Wildman–Crippen MR) is 170 cm³/mol. The highest BCUT2D eigenvalue weighted by molar-refractivity contribution is 7.90. The van der Waals surface area contributed by atoms with Crippen LogP contribution in [0, 0.1) is 28.5 Å². The standard InChI is InChI=1S/C34H19ClFN3O3S2/c1-42-34(40)23-7-11-26(29(35)16-23)21-3-2-4-22(15-21)33-32(27-13-14-43-31(27)19-38)28-17-24(36)8-12-30(28)39(33)44(41)25-9-5-20(18-37)6-10-25/h2-17H,1H3. The summed E-state index contributed by atoms with van der Waals surface area (Å²) in [5.41, 5.74) is 4.89. The quantitative estimate of drug-likeness (QED) is 0.135. The number of thiophene rings is 1. The minimum atomic E-state index is -1.84. The van der Waals surface area contributed by atoms with Gasteiger partial charge in [-0.25, -0.2) is 9.18 Å². The first-order valence-electron chi connectivity index (χ1n) is 13.1. The topological polar surface area (TPSA) is 102 Å². The van der Waals surface area contributed by atoms with Crippen molar-refractivity contribution >= 4 is 51.2 Å². The largest absolute Gasteiger partial charge is 0.587 e. The minimum absolute atomic E-state index is 0.307. The van der Waals surface area contributed by atoms with Crippen molar-refractivity contribution < 1.29 is 18.5 Å². The molecular weight excluding hydrogens is 617 g/mol. The summed E-state index contributed by atoms with van der Waals surface area (Å²) < 4.78 is 35.6. The molecule has 0 saturated heterocycles. The van der Waals surface area contributed by atoms with E-state index in [1.54, 1.807) is 57.9 Å². The summed E-state index contributed by atoms with van der Waals surface area (Å²) in [5.74, 6) is -0.991. The molecule has 1 unspecified atom stereocenters. The van der Waals surface area contributed by atoms with Crippen molar-refractivity contribution in [3.05, 3.63) is 123 Å². The number of nitrogens with zero attached hydrogens (tertiary/aromatic N) is 3. The first-order valence-corrected chi connectivity index (χ1v) is 15.4. The molecule has 4 aromatic carbocycles. The molecule has 0 spiro atoms. The Morgan fingerprint density at radius 2 is 1.73 bits per heavy atom. The molecule has 0 radical (unpaired) electrons. The number of ether oxygens (including phenoxy) is 1. The molecule has 0 N–H and O–H groups in total. The molecule has 10 heteroatoms. The Labute approximate surface area is 264 Å². The second kappa shape index (κ2) is 12.0. The van der Waals surface area contributed by atoms with Crippen molar-refractivity contribution in [2.24, 2.45) is 0 Å². The molecule has 214 valence electrons. The molecule has 2 aromatic heterocycles. The highest BCUT2D eigenvalue weighted by Crippen LogP contribution is 2.46. The molecule has 0 aliphatic carbocycles. The first-order chi connectivity index (χ1) is 21.3. The number of carbonyl (C=O) groups is 1. The molecule has 1 atom stereocenters. The van der Waals surface area contributed by atoms with Gasteiger partial charge in [0.25, 0.3) is 0 Å². The fourth-order valence-corrected chi connectivity index (χ4v) is 7.37. The van der Waals surface area contributed by atoms with Gasteiger partial charge in [-0.1, -0.05) is 35.9 Å². The number of hydrogen-bond donors (Lipinski definition) is 0. The van der Waals surface area contributed by atoms with Crippen LogP contribution in [0.25, 0.3) is 44.4 Å². The molecule has 44 heavy (non-hydrogen) atoms. The zero-order chi connectivity index (χ0) is 31.0. The van der Waals surface area contributed by atoms with Crippen molar-refractivity contribution in [3.63, 3.8) is 0 Å². The van der Waals surface area contributed by atoms with Gasteiger partial charge in [-0.15, -0.1) is 11.3 Å². The molecule has 0 aliphatic rings. The van der Waals surface area contributed by atoms with Gasteiger partial charge in [0.05, 0.1) is 29.8 Å². The Morgan fingerprint density at radius 1 is 0.955 bits per heavy atom. The van der Waals surface area contributed by atoms with Gasteiger partial charge < -0.3 is 9.29 Å². The van der Waals surface area contributed by atoms with Crippen molar-refractivity contribution in [1.29, 1.82) is 10.5 Å². The Hall–Kier alpha value is -4.90. The summed E-state index contributed by atoms with van der Waals surface area (Å²) in [6.07, 6.45) is 0. The fraction of sp³-hybridized carbons (Fsp3) is 0.0294. The number of hydrogen-bond acceptors (Lipinski definition) is 6. The van der Waals surface area contributed by atoms with Gasteiger partial charge in [0.15, 0.2) is 4.90 Å². The lowest BCUT2D eigenvalue weighted by molar-refractivity contribution is 0.0600. The molecule has 6 nitrogen and oxygen atoms in total. The van der Waals surface area contributed by atoms with Crippen LogP contribution in [-0.4, -0.2) is 21.6 Å².